The predicted molar refractivity (Wildman–Crippen MR) is 80.5 cm³/mol. The van der Waals surface area contributed by atoms with E-state index < -0.39 is 5.97 Å². The first kappa shape index (κ1) is 14.1. The van der Waals surface area contributed by atoms with Crippen molar-refractivity contribution in [3.8, 4) is 0 Å². The first-order chi connectivity index (χ1) is 10.2. The molecule has 1 unspecified atom stereocenters. The molecule has 2 aromatic rings. The maximum Gasteiger partial charge on any atom is 0.307 e. The average Bonchev–Trinajstić information content (AvgIpc) is 2.89. The molecule has 6 heteroatoms. The molecule has 1 aliphatic heterocycles. The summed E-state index contributed by atoms with van der Waals surface area (Å²) in [5.41, 5.74) is 1.21. The fourth-order valence-corrected chi connectivity index (χ4v) is 3.28. The van der Waals surface area contributed by atoms with Crippen LogP contribution in [0.3, 0.4) is 0 Å². The predicted octanol–water partition coefficient (Wildman–Crippen LogP) is 2.24. The van der Waals surface area contributed by atoms with Gasteiger partial charge in [0, 0.05) is 24.3 Å². The number of hydrogen-bond acceptors (Lipinski definition) is 4. The summed E-state index contributed by atoms with van der Waals surface area (Å²) in [4.78, 5) is 16.8. The van der Waals surface area contributed by atoms with E-state index in [0.717, 1.165) is 11.6 Å². The van der Waals surface area contributed by atoms with E-state index in [1.165, 1.54) is 10.5 Å². The quantitative estimate of drug-likeness (QED) is 0.877. The summed E-state index contributed by atoms with van der Waals surface area (Å²) >= 11 is 1.71. The monoisotopic (exact) mass is 303 g/mol. The molecule has 2 heterocycles. The number of rotatable bonds is 4. The normalized spacial score (nSPS) is 17.5. The van der Waals surface area contributed by atoms with E-state index in [2.05, 4.69) is 28.5 Å². The average molecular weight is 303 g/mol. The van der Waals surface area contributed by atoms with Gasteiger partial charge in [0.05, 0.1) is 5.92 Å². The molecule has 0 aliphatic carbocycles. The Morgan fingerprint density at radius 1 is 1.48 bits per heavy atom. The van der Waals surface area contributed by atoms with Crippen LogP contribution < -0.4 is 0 Å². The number of carbonyl (C=O) groups is 1. The molecule has 1 atom stereocenters. The fraction of sp³-hybridized carbons (Fsp3) is 0.400. The minimum Gasteiger partial charge on any atom is -0.481 e. The van der Waals surface area contributed by atoms with Gasteiger partial charge in [-0.15, -0.1) is 11.8 Å². The van der Waals surface area contributed by atoms with Crippen molar-refractivity contribution >= 4 is 17.7 Å². The van der Waals surface area contributed by atoms with Gasteiger partial charge in [0.1, 0.15) is 5.82 Å². The second-order valence-corrected chi connectivity index (χ2v) is 6.03. The lowest BCUT2D eigenvalue weighted by Gasteiger charge is -2.17. The Labute approximate surface area is 127 Å². The lowest BCUT2D eigenvalue weighted by Crippen LogP contribution is -2.26. The molecule has 1 aromatic heterocycles. The Kier molecular flexibility index (Phi) is 3.96. The molecule has 1 N–H and O–H groups in total. The van der Waals surface area contributed by atoms with Gasteiger partial charge in [0.2, 0.25) is 0 Å². The van der Waals surface area contributed by atoms with Crippen molar-refractivity contribution in [2.24, 2.45) is 5.92 Å². The Morgan fingerprint density at radius 2 is 2.29 bits per heavy atom. The molecule has 0 saturated heterocycles. The van der Waals surface area contributed by atoms with E-state index in [1.54, 1.807) is 11.8 Å². The zero-order valence-electron chi connectivity index (χ0n) is 11.8. The van der Waals surface area contributed by atoms with Gasteiger partial charge in [-0.2, -0.15) is 5.10 Å². The van der Waals surface area contributed by atoms with Gasteiger partial charge in [-0.25, -0.2) is 9.67 Å². The Balaban J connectivity index is 1.81. The maximum absolute atomic E-state index is 11.1. The Hall–Kier alpha value is -1.82. The third-order valence-electron chi connectivity index (χ3n) is 3.80. The SMILES string of the molecule is CSc1ccccc1Cc1nc2n(n1)CCC(C(=O)O)C2. The number of hydrogen-bond donors (Lipinski definition) is 1. The van der Waals surface area contributed by atoms with Crippen LogP contribution in [0, 0.1) is 5.92 Å². The van der Waals surface area contributed by atoms with E-state index in [0.29, 0.717) is 25.8 Å². The topological polar surface area (TPSA) is 68.0 Å². The van der Waals surface area contributed by atoms with Gasteiger partial charge in [-0.1, -0.05) is 18.2 Å². The van der Waals surface area contributed by atoms with Gasteiger partial charge in [-0.3, -0.25) is 4.79 Å². The molecular formula is C15H17N3O2S. The summed E-state index contributed by atoms with van der Waals surface area (Å²) in [6.07, 6.45) is 3.86. The standard InChI is InChI=1S/C15H17N3O2S/c1-21-12-5-3-2-4-10(12)8-13-16-14-9-11(15(19)20)6-7-18(14)17-13/h2-5,11H,6-9H2,1H3,(H,19,20). The smallest absolute Gasteiger partial charge is 0.307 e. The Bertz CT molecular complexity index is 669. The van der Waals surface area contributed by atoms with Crippen LogP contribution in [0.5, 0.6) is 0 Å². The number of benzene rings is 1. The minimum absolute atomic E-state index is 0.326. The first-order valence-corrected chi connectivity index (χ1v) is 8.17. The van der Waals surface area contributed by atoms with Gasteiger partial charge in [-0.05, 0) is 24.3 Å². The van der Waals surface area contributed by atoms with E-state index in [-0.39, 0.29) is 5.92 Å². The number of nitrogens with zero attached hydrogens (tertiary/aromatic N) is 3. The van der Waals surface area contributed by atoms with Crippen LogP contribution in [-0.2, 0) is 24.2 Å². The highest BCUT2D eigenvalue weighted by Gasteiger charge is 2.26. The van der Waals surface area contributed by atoms with Crippen molar-refractivity contribution in [3.05, 3.63) is 41.5 Å². The van der Waals surface area contributed by atoms with Crippen molar-refractivity contribution in [2.45, 2.75) is 30.7 Å². The summed E-state index contributed by atoms with van der Waals surface area (Å²) in [6, 6.07) is 8.23. The van der Waals surface area contributed by atoms with Crippen molar-refractivity contribution < 1.29 is 9.90 Å². The molecule has 0 radical (unpaired) electrons. The number of aryl methyl sites for hydroxylation is 1. The number of aliphatic carboxylic acids is 1. The molecule has 1 aliphatic rings. The van der Waals surface area contributed by atoms with E-state index in [1.807, 2.05) is 16.8 Å². The van der Waals surface area contributed by atoms with Crippen LogP contribution in [0.2, 0.25) is 0 Å². The molecule has 0 saturated carbocycles. The van der Waals surface area contributed by atoms with Crippen LogP contribution in [-0.4, -0.2) is 32.1 Å². The lowest BCUT2D eigenvalue weighted by molar-refractivity contribution is -0.142. The fourth-order valence-electron chi connectivity index (χ4n) is 2.66. The zero-order valence-corrected chi connectivity index (χ0v) is 12.6. The van der Waals surface area contributed by atoms with Crippen LogP contribution in [0.1, 0.15) is 23.6 Å². The molecular weight excluding hydrogens is 286 g/mol. The summed E-state index contributed by atoms with van der Waals surface area (Å²) in [5, 5.41) is 13.6. The van der Waals surface area contributed by atoms with Crippen LogP contribution in [0.4, 0.5) is 0 Å². The molecule has 0 fully saturated rings. The Morgan fingerprint density at radius 3 is 3.05 bits per heavy atom. The molecule has 0 spiro atoms. The van der Waals surface area contributed by atoms with Gasteiger partial charge in [0.15, 0.2) is 5.82 Å². The molecule has 0 bridgehead atoms. The van der Waals surface area contributed by atoms with Crippen molar-refractivity contribution in [1.82, 2.24) is 14.8 Å². The van der Waals surface area contributed by atoms with Crippen LogP contribution in [0.15, 0.2) is 29.2 Å². The molecule has 110 valence electrons. The van der Waals surface area contributed by atoms with Crippen molar-refractivity contribution in [2.75, 3.05) is 6.26 Å². The molecule has 0 amide bonds. The number of aromatic nitrogens is 3. The number of carboxylic acid groups (broad SMARTS) is 1. The van der Waals surface area contributed by atoms with Crippen molar-refractivity contribution in [3.63, 3.8) is 0 Å². The number of carboxylic acids is 1. The first-order valence-electron chi connectivity index (χ1n) is 6.94. The molecule has 1 aromatic carbocycles. The van der Waals surface area contributed by atoms with E-state index in [9.17, 15) is 4.79 Å². The molecule has 21 heavy (non-hydrogen) atoms. The van der Waals surface area contributed by atoms with Crippen LogP contribution >= 0.6 is 11.8 Å². The zero-order chi connectivity index (χ0) is 14.8. The minimum atomic E-state index is -0.737. The van der Waals surface area contributed by atoms with Gasteiger partial charge in [0.25, 0.3) is 0 Å². The molecule has 5 nitrogen and oxygen atoms in total. The summed E-state index contributed by atoms with van der Waals surface area (Å²) in [6.45, 7) is 0.642. The van der Waals surface area contributed by atoms with Gasteiger partial charge >= 0.3 is 5.97 Å². The largest absolute Gasteiger partial charge is 0.481 e. The highest BCUT2D eigenvalue weighted by atomic mass is 32.2. The van der Waals surface area contributed by atoms with Gasteiger partial charge < -0.3 is 5.11 Å². The number of fused-ring (bicyclic) bond motifs is 1. The highest BCUT2D eigenvalue weighted by Crippen LogP contribution is 2.23. The second-order valence-electron chi connectivity index (χ2n) is 5.18. The lowest BCUT2D eigenvalue weighted by atomic mass is 9.98. The third-order valence-corrected chi connectivity index (χ3v) is 4.64. The third kappa shape index (κ3) is 2.95. The summed E-state index contributed by atoms with van der Waals surface area (Å²) in [5.74, 6) is 0.509. The molecule has 3 rings (SSSR count). The van der Waals surface area contributed by atoms with E-state index in [4.69, 9.17) is 5.11 Å². The van der Waals surface area contributed by atoms with Crippen LogP contribution in [0.25, 0.3) is 0 Å². The second kappa shape index (κ2) is 5.89. The van der Waals surface area contributed by atoms with E-state index >= 15 is 0 Å². The number of thioether (sulfide) groups is 1. The van der Waals surface area contributed by atoms with Crippen molar-refractivity contribution in [1.29, 1.82) is 0 Å². The summed E-state index contributed by atoms with van der Waals surface area (Å²) in [7, 11) is 0. The maximum atomic E-state index is 11.1. The highest BCUT2D eigenvalue weighted by molar-refractivity contribution is 7.98. The summed E-state index contributed by atoms with van der Waals surface area (Å²) < 4.78 is 1.86.